The van der Waals surface area contributed by atoms with E-state index in [0.29, 0.717) is 5.46 Å². The van der Waals surface area contributed by atoms with Crippen LogP contribution in [0.15, 0.2) is 140 Å². The van der Waals surface area contributed by atoms with Crippen molar-refractivity contribution in [3.05, 3.63) is 156 Å². The van der Waals surface area contributed by atoms with Gasteiger partial charge in [-0.15, -0.1) is 0 Å². The average molecular weight is 527 g/mol. The number of aromatic nitrogens is 1. The Morgan fingerprint density at radius 2 is 1.15 bits per heavy atom. The lowest BCUT2D eigenvalue weighted by Crippen LogP contribution is -2.29. The summed E-state index contributed by atoms with van der Waals surface area (Å²) in [5.74, 6) is 0.0976. The van der Waals surface area contributed by atoms with Gasteiger partial charge in [0.25, 0.3) is 0 Å². The number of fused-ring (bicyclic) bond motifs is 7. The zero-order chi connectivity index (χ0) is 27.5. The van der Waals surface area contributed by atoms with E-state index in [-0.39, 0.29) is 5.92 Å². The van der Waals surface area contributed by atoms with Crippen LogP contribution in [0.2, 0.25) is 0 Å². The Bertz CT molecular complexity index is 2080. The second-order valence-electron chi connectivity index (χ2n) is 10.7. The molecule has 0 saturated carbocycles. The maximum Gasteiger partial charge on any atom is 0.488 e. The SMILES string of the molecule is OB(O)c1ccc(-n2c3ccccc3c3ccc4c(c32)-c2ccccc2C4c2ccccc2-c2ccccc2)cc1. The van der Waals surface area contributed by atoms with Crippen molar-refractivity contribution in [3.63, 3.8) is 0 Å². The average Bonchev–Trinajstić information content (AvgIpc) is 3.54. The number of rotatable bonds is 4. The molecule has 1 heterocycles. The highest BCUT2D eigenvalue weighted by Crippen LogP contribution is 2.53. The van der Waals surface area contributed by atoms with Gasteiger partial charge in [0, 0.05) is 27.9 Å². The second kappa shape index (κ2) is 9.34. The maximum atomic E-state index is 9.72. The fraction of sp³-hybridized carbons (Fsp3) is 0.0270. The van der Waals surface area contributed by atoms with Crippen LogP contribution in [-0.2, 0) is 0 Å². The molecule has 1 aliphatic carbocycles. The van der Waals surface area contributed by atoms with Gasteiger partial charge in [-0.3, -0.25) is 0 Å². The number of benzene rings is 6. The van der Waals surface area contributed by atoms with Gasteiger partial charge in [0.15, 0.2) is 0 Å². The van der Waals surface area contributed by atoms with Crippen molar-refractivity contribution in [2.75, 3.05) is 0 Å². The van der Waals surface area contributed by atoms with Crippen LogP contribution in [0.4, 0.5) is 0 Å². The minimum atomic E-state index is -1.50. The monoisotopic (exact) mass is 527 g/mol. The molecule has 1 aromatic heterocycles. The molecule has 41 heavy (non-hydrogen) atoms. The Balaban J connectivity index is 1.46. The first-order valence-electron chi connectivity index (χ1n) is 14.0. The minimum absolute atomic E-state index is 0.0976. The van der Waals surface area contributed by atoms with Gasteiger partial charge in [0.05, 0.1) is 11.0 Å². The van der Waals surface area contributed by atoms with Crippen molar-refractivity contribution in [1.29, 1.82) is 0 Å². The van der Waals surface area contributed by atoms with Gasteiger partial charge >= 0.3 is 7.12 Å². The van der Waals surface area contributed by atoms with E-state index in [1.807, 2.05) is 12.1 Å². The molecule has 0 aliphatic heterocycles. The van der Waals surface area contributed by atoms with Crippen molar-refractivity contribution < 1.29 is 10.0 Å². The molecule has 1 atom stereocenters. The molecular weight excluding hydrogens is 501 g/mol. The first-order valence-corrected chi connectivity index (χ1v) is 14.0. The van der Waals surface area contributed by atoms with Crippen molar-refractivity contribution in [1.82, 2.24) is 4.57 Å². The summed E-state index contributed by atoms with van der Waals surface area (Å²) in [6.45, 7) is 0. The van der Waals surface area contributed by atoms with E-state index in [9.17, 15) is 10.0 Å². The third-order valence-electron chi connectivity index (χ3n) is 8.53. The molecule has 8 rings (SSSR count). The van der Waals surface area contributed by atoms with Crippen molar-refractivity contribution in [2.45, 2.75) is 5.92 Å². The van der Waals surface area contributed by atoms with Crippen LogP contribution < -0.4 is 5.46 Å². The molecule has 0 fully saturated rings. The molecule has 4 heteroatoms. The van der Waals surface area contributed by atoms with Crippen LogP contribution >= 0.6 is 0 Å². The lowest BCUT2D eigenvalue weighted by atomic mass is 9.80. The molecule has 194 valence electrons. The maximum absolute atomic E-state index is 9.72. The van der Waals surface area contributed by atoms with Crippen LogP contribution in [-0.4, -0.2) is 21.7 Å². The molecule has 6 aromatic carbocycles. The van der Waals surface area contributed by atoms with E-state index in [1.165, 1.54) is 55.2 Å². The summed E-state index contributed by atoms with van der Waals surface area (Å²) in [6, 6.07) is 48.9. The molecule has 3 nitrogen and oxygen atoms in total. The molecular formula is C37H26BNO2. The molecule has 0 amide bonds. The second-order valence-corrected chi connectivity index (χ2v) is 10.7. The third kappa shape index (κ3) is 3.62. The number of hydrogen-bond donors (Lipinski definition) is 2. The number of nitrogens with zero attached hydrogens (tertiary/aromatic N) is 1. The predicted molar refractivity (Wildman–Crippen MR) is 169 cm³/mol. The van der Waals surface area contributed by atoms with Gasteiger partial charge in [-0.1, -0.05) is 121 Å². The van der Waals surface area contributed by atoms with Crippen LogP contribution in [0.5, 0.6) is 0 Å². The normalized spacial score (nSPS) is 13.9. The Morgan fingerprint density at radius 1 is 0.512 bits per heavy atom. The van der Waals surface area contributed by atoms with Gasteiger partial charge in [-0.25, -0.2) is 0 Å². The Kier molecular flexibility index (Phi) is 5.46. The molecule has 1 aliphatic rings. The summed E-state index contributed by atoms with van der Waals surface area (Å²) >= 11 is 0. The molecule has 0 saturated heterocycles. The molecule has 2 N–H and O–H groups in total. The van der Waals surface area contributed by atoms with E-state index < -0.39 is 7.12 Å². The van der Waals surface area contributed by atoms with Crippen LogP contribution in [0.1, 0.15) is 22.6 Å². The highest BCUT2D eigenvalue weighted by atomic mass is 16.4. The van der Waals surface area contributed by atoms with E-state index in [4.69, 9.17) is 0 Å². The summed E-state index contributed by atoms with van der Waals surface area (Å²) in [5.41, 5.74) is 12.7. The van der Waals surface area contributed by atoms with E-state index in [1.54, 1.807) is 12.1 Å². The lowest BCUT2D eigenvalue weighted by Gasteiger charge is -2.19. The lowest BCUT2D eigenvalue weighted by molar-refractivity contribution is 0.426. The highest BCUT2D eigenvalue weighted by molar-refractivity contribution is 6.58. The first kappa shape index (κ1) is 23.9. The molecule has 7 aromatic rings. The summed E-state index contributed by atoms with van der Waals surface area (Å²) in [4.78, 5) is 0. The van der Waals surface area contributed by atoms with Gasteiger partial charge < -0.3 is 14.6 Å². The largest absolute Gasteiger partial charge is 0.488 e. The fourth-order valence-electron chi connectivity index (χ4n) is 6.77. The number of para-hydroxylation sites is 1. The molecule has 0 bridgehead atoms. The van der Waals surface area contributed by atoms with Crippen molar-refractivity contribution in [3.8, 4) is 27.9 Å². The predicted octanol–water partition coefficient (Wildman–Crippen LogP) is 7.29. The smallest absolute Gasteiger partial charge is 0.423 e. The van der Waals surface area contributed by atoms with E-state index in [2.05, 4.69) is 120 Å². The van der Waals surface area contributed by atoms with Crippen molar-refractivity contribution in [2.24, 2.45) is 0 Å². The molecule has 0 radical (unpaired) electrons. The Hall–Kier alpha value is -4.90. The fourth-order valence-corrected chi connectivity index (χ4v) is 6.77. The summed E-state index contributed by atoms with van der Waals surface area (Å²) in [6.07, 6.45) is 0. The van der Waals surface area contributed by atoms with Gasteiger partial charge in [0.2, 0.25) is 0 Å². The standard InChI is InChI=1S/C37H26BNO2/c40-38(41)25-18-20-26(21-19-25)39-34-17-9-8-13-28(34)32-22-23-33-35(30-15-6-7-16-31(30)36(33)37(32)39)29-14-5-4-12-27(29)24-10-2-1-3-11-24/h1-23,35,40-41H. The van der Waals surface area contributed by atoms with E-state index >= 15 is 0 Å². The Labute approximate surface area is 238 Å². The van der Waals surface area contributed by atoms with E-state index in [0.717, 1.165) is 11.2 Å². The van der Waals surface area contributed by atoms with Gasteiger partial charge in [-0.05, 0) is 57.0 Å². The zero-order valence-corrected chi connectivity index (χ0v) is 22.3. The summed E-state index contributed by atoms with van der Waals surface area (Å²) in [5, 5.41) is 21.8. The van der Waals surface area contributed by atoms with Crippen LogP contribution in [0.3, 0.4) is 0 Å². The quantitative estimate of drug-likeness (QED) is 0.236. The van der Waals surface area contributed by atoms with Gasteiger partial charge in [-0.2, -0.15) is 0 Å². The van der Waals surface area contributed by atoms with Crippen LogP contribution in [0.25, 0.3) is 49.7 Å². The number of hydrogen-bond acceptors (Lipinski definition) is 2. The minimum Gasteiger partial charge on any atom is -0.423 e. The highest BCUT2D eigenvalue weighted by Gasteiger charge is 2.34. The molecule has 1 unspecified atom stereocenters. The summed E-state index contributed by atoms with van der Waals surface area (Å²) in [7, 11) is -1.50. The van der Waals surface area contributed by atoms with Crippen molar-refractivity contribution >= 4 is 34.4 Å². The Morgan fingerprint density at radius 3 is 1.90 bits per heavy atom. The summed E-state index contributed by atoms with van der Waals surface area (Å²) < 4.78 is 2.33. The first-order chi connectivity index (χ1) is 20.2. The zero-order valence-electron chi connectivity index (χ0n) is 22.3. The third-order valence-corrected chi connectivity index (χ3v) is 8.53. The van der Waals surface area contributed by atoms with Gasteiger partial charge in [0.1, 0.15) is 0 Å². The van der Waals surface area contributed by atoms with Crippen LogP contribution in [0, 0.1) is 0 Å². The topological polar surface area (TPSA) is 45.4 Å². The molecule has 0 spiro atoms.